The molecule has 0 aliphatic heterocycles. The Balaban J connectivity index is 2.37. The quantitative estimate of drug-likeness (QED) is 0.570. The molecule has 0 saturated heterocycles. The van der Waals surface area contributed by atoms with Crippen molar-refractivity contribution in [3.8, 4) is 0 Å². The topological polar surface area (TPSA) is 47.0 Å². The van der Waals surface area contributed by atoms with Crippen molar-refractivity contribution in [3.05, 3.63) is 64.5 Å². The number of hydrogen-bond donors (Lipinski definition) is 0. The molecule has 1 aliphatic rings. The Morgan fingerprint density at radius 1 is 0.889 bits per heavy atom. The summed E-state index contributed by atoms with van der Waals surface area (Å²) >= 11 is 0. The number of aromatic nitrogens is 1. The standard InChI is InChI=1S/C13H5F2NO2/c14-9-5-8-10(13(15)16-9)12(18)7-4-2-1-3-6(7)11(8)17/h1-5H. The molecule has 1 aromatic heterocycles. The Kier molecular flexibility index (Phi) is 2.10. The highest BCUT2D eigenvalue weighted by atomic mass is 19.1. The fourth-order valence-electron chi connectivity index (χ4n) is 2.04. The van der Waals surface area contributed by atoms with Gasteiger partial charge in [-0.15, -0.1) is 0 Å². The molecule has 0 radical (unpaired) electrons. The van der Waals surface area contributed by atoms with Gasteiger partial charge in [0.25, 0.3) is 0 Å². The van der Waals surface area contributed by atoms with Gasteiger partial charge >= 0.3 is 0 Å². The number of rotatable bonds is 0. The van der Waals surface area contributed by atoms with E-state index >= 15 is 0 Å². The number of fused-ring (bicyclic) bond motifs is 2. The second-order valence-corrected chi connectivity index (χ2v) is 3.86. The number of halogens is 2. The van der Waals surface area contributed by atoms with Gasteiger partial charge in [-0.1, -0.05) is 24.3 Å². The molecule has 1 aliphatic carbocycles. The van der Waals surface area contributed by atoms with Gasteiger partial charge in [-0.3, -0.25) is 9.59 Å². The molecule has 0 amide bonds. The second kappa shape index (κ2) is 3.53. The Morgan fingerprint density at radius 3 is 2.17 bits per heavy atom. The highest BCUT2D eigenvalue weighted by Gasteiger charge is 2.33. The third-order valence-corrected chi connectivity index (χ3v) is 2.83. The molecule has 0 atom stereocenters. The Morgan fingerprint density at radius 2 is 1.50 bits per heavy atom. The summed E-state index contributed by atoms with van der Waals surface area (Å²) in [6, 6.07) is 6.83. The first-order valence-electron chi connectivity index (χ1n) is 5.14. The van der Waals surface area contributed by atoms with E-state index in [0.717, 1.165) is 6.07 Å². The van der Waals surface area contributed by atoms with E-state index in [1.165, 1.54) is 12.1 Å². The van der Waals surface area contributed by atoms with Gasteiger partial charge in [0, 0.05) is 22.8 Å². The van der Waals surface area contributed by atoms with Crippen molar-refractivity contribution in [1.82, 2.24) is 4.98 Å². The number of carbonyl (C=O) groups is 2. The van der Waals surface area contributed by atoms with Gasteiger partial charge < -0.3 is 0 Å². The average Bonchev–Trinajstić information content (AvgIpc) is 2.35. The zero-order chi connectivity index (χ0) is 12.9. The maximum Gasteiger partial charge on any atom is 0.227 e. The normalized spacial score (nSPS) is 13.2. The monoisotopic (exact) mass is 245 g/mol. The van der Waals surface area contributed by atoms with Crippen molar-refractivity contribution in [2.75, 3.05) is 0 Å². The molecule has 0 bridgehead atoms. The van der Waals surface area contributed by atoms with Crippen molar-refractivity contribution >= 4 is 11.6 Å². The van der Waals surface area contributed by atoms with Crippen LogP contribution < -0.4 is 0 Å². The van der Waals surface area contributed by atoms with Gasteiger partial charge in [-0.2, -0.15) is 13.8 Å². The summed E-state index contributed by atoms with van der Waals surface area (Å²) in [7, 11) is 0. The number of carbonyl (C=O) groups excluding carboxylic acids is 2. The number of hydrogen-bond acceptors (Lipinski definition) is 3. The fraction of sp³-hybridized carbons (Fsp3) is 0. The van der Waals surface area contributed by atoms with Crippen LogP contribution in [0.3, 0.4) is 0 Å². The first-order chi connectivity index (χ1) is 8.59. The molecule has 5 heteroatoms. The van der Waals surface area contributed by atoms with Gasteiger partial charge in [0.15, 0.2) is 11.6 Å². The van der Waals surface area contributed by atoms with Gasteiger partial charge in [0.2, 0.25) is 11.9 Å². The third kappa shape index (κ3) is 1.30. The average molecular weight is 245 g/mol. The molecular formula is C13H5F2NO2. The van der Waals surface area contributed by atoms with Crippen LogP contribution >= 0.6 is 0 Å². The van der Waals surface area contributed by atoms with E-state index in [-0.39, 0.29) is 16.7 Å². The van der Waals surface area contributed by atoms with E-state index in [9.17, 15) is 18.4 Å². The minimum atomic E-state index is -1.25. The number of pyridine rings is 1. The number of benzene rings is 1. The predicted molar refractivity (Wildman–Crippen MR) is 57.5 cm³/mol. The molecule has 3 nitrogen and oxygen atoms in total. The van der Waals surface area contributed by atoms with E-state index in [1.807, 2.05) is 0 Å². The zero-order valence-corrected chi connectivity index (χ0v) is 8.91. The van der Waals surface area contributed by atoms with E-state index in [4.69, 9.17) is 0 Å². The van der Waals surface area contributed by atoms with Gasteiger partial charge in [-0.25, -0.2) is 0 Å². The van der Waals surface area contributed by atoms with Crippen LogP contribution in [0.5, 0.6) is 0 Å². The van der Waals surface area contributed by atoms with Crippen LogP contribution in [0.2, 0.25) is 0 Å². The minimum Gasteiger partial charge on any atom is -0.289 e. The summed E-state index contributed by atoms with van der Waals surface area (Å²) in [5.41, 5.74) is -0.467. The number of nitrogens with zero attached hydrogens (tertiary/aromatic N) is 1. The summed E-state index contributed by atoms with van der Waals surface area (Å²) in [5.74, 6) is -3.59. The van der Waals surface area contributed by atoms with Crippen LogP contribution in [0.1, 0.15) is 31.8 Å². The maximum atomic E-state index is 13.5. The smallest absolute Gasteiger partial charge is 0.227 e. The molecule has 3 rings (SSSR count). The molecule has 0 unspecified atom stereocenters. The highest BCUT2D eigenvalue weighted by molar-refractivity contribution is 6.28. The predicted octanol–water partition coefficient (Wildman–Crippen LogP) is 2.14. The molecule has 1 heterocycles. The first-order valence-corrected chi connectivity index (χ1v) is 5.14. The van der Waals surface area contributed by atoms with Crippen molar-refractivity contribution in [1.29, 1.82) is 0 Å². The third-order valence-electron chi connectivity index (χ3n) is 2.83. The molecule has 88 valence electrons. The van der Waals surface area contributed by atoms with Gasteiger partial charge in [0.05, 0.1) is 5.56 Å². The van der Waals surface area contributed by atoms with E-state index in [1.54, 1.807) is 12.1 Å². The van der Waals surface area contributed by atoms with Crippen molar-refractivity contribution in [2.24, 2.45) is 0 Å². The largest absolute Gasteiger partial charge is 0.289 e. The van der Waals surface area contributed by atoms with Crippen LogP contribution in [0, 0.1) is 11.9 Å². The molecule has 0 fully saturated rings. The lowest BCUT2D eigenvalue weighted by Crippen LogP contribution is -2.23. The Labute approximate surface area is 100 Å². The zero-order valence-electron chi connectivity index (χ0n) is 8.91. The van der Waals surface area contributed by atoms with Gasteiger partial charge in [0.1, 0.15) is 0 Å². The van der Waals surface area contributed by atoms with Crippen LogP contribution in [0.4, 0.5) is 8.78 Å². The molecular weight excluding hydrogens is 240 g/mol. The lowest BCUT2D eigenvalue weighted by Gasteiger charge is -2.16. The van der Waals surface area contributed by atoms with Crippen LogP contribution in [-0.2, 0) is 0 Å². The molecule has 18 heavy (non-hydrogen) atoms. The fourth-order valence-corrected chi connectivity index (χ4v) is 2.04. The molecule has 0 saturated carbocycles. The summed E-state index contributed by atoms with van der Waals surface area (Å²) in [6.07, 6.45) is 0. The molecule has 0 spiro atoms. The Bertz CT molecular complexity index is 710. The SMILES string of the molecule is O=C1c2ccccc2C(=O)c2c1cc(F)nc2F. The summed E-state index contributed by atoms with van der Waals surface area (Å²) in [4.78, 5) is 27.0. The van der Waals surface area contributed by atoms with E-state index in [0.29, 0.717) is 0 Å². The second-order valence-electron chi connectivity index (χ2n) is 3.86. The summed E-state index contributed by atoms with van der Waals surface area (Å²) in [6.45, 7) is 0. The van der Waals surface area contributed by atoms with Crippen molar-refractivity contribution < 1.29 is 18.4 Å². The van der Waals surface area contributed by atoms with E-state index in [2.05, 4.69) is 4.98 Å². The first kappa shape index (κ1) is 10.7. The summed E-state index contributed by atoms with van der Waals surface area (Å²) < 4.78 is 26.5. The van der Waals surface area contributed by atoms with Crippen molar-refractivity contribution in [2.45, 2.75) is 0 Å². The minimum absolute atomic E-state index is 0.113. The maximum absolute atomic E-state index is 13.5. The molecule has 1 aromatic carbocycles. The lowest BCUT2D eigenvalue weighted by atomic mass is 9.85. The molecule has 0 N–H and O–H groups in total. The summed E-state index contributed by atoms with van der Waals surface area (Å²) in [5, 5.41) is 0. The van der Waals surface area contributed by atoms with E-state index < -0.39 is 29.0 Å². The van der Waals surface area contributed by atoms with Gasteiger partial charge in [-0.05, 0) is 0 Å². The van der Waals surface area contributed by atoms with Crippen molar-refractivity contribution in [3.63, 3.8) is 0 Å². The lowest BCUT2D eigenvalue weighted by molar-refractivity contribution is 0.0974. The highest BCUT2D eigenvalue weighted by Crippen LogP contribution is 2.28. The number of ketones is 2. The molecule has 2 aromatic rings. The van der Waals surface area contributed by atoms with Crippen LogP contribution in [0.25, 0.3) is 0 Å². The Hall–Kier alpha value is -2.43. The van der Waals surface area contributed by atoms with Crippen LogP contribution in [0.15, 0.2) is 30.3 Å². The van der Waals surface area contributed by atoms with Crippen LogP contribution in [-0.4, -0.2) is 16.6 Å².